The molecule has 0 aromatic heterocycles. The van der Waals surface area contributed by atoms with Crippen molar-refractivity contribution in [3.63, 3.8) is 0 Å². The van der Waals surface area contributed by atoms with Crippen molar-refractivity contribution in [3.8, 4) is 11.5 Å². The van der Waals surface area contributed by atoms with Crippen LogP contribution in [0.2, 0.25) is 5.02 Å². The number of ether oxygens (including phenoxy) is 2. The van der Waals surface area contributed by atoms with E-state index in [1.165, 1.54) is 31.3 Å². The SMILES string of the molecule is COc1ccc(S(=O)(=O)N(CC(=O)N(Cc2ccc(Cl)cc2)C(Cc2ccccc2)C(=O)NC2CCCC2)c2ccccc2OC)cc1. The van der Waals surface area contributed by atoms with Crippen molar-refractivity contribution in [2.75, 3.05) is 25.1 Å². The Hall–Kier alpha value is -4.54. The van der Waals surface area contributed by atoms with E-state index in [1.54, 1.807) is 60.7 Å². The summed E-state index contributed by atoms with van der Waals surface area (Å²) < 4.78 is 40.5. The molecule has 0 bridgehead atoms. The summed E-state index contributed by atoms with van der Waals surface area (Å²) in [6.07, 6.45) is 4.03. The van der Waals surface area contributed by atoms with Crippen LogP contribution in [0.25, 0.3) is 0 Å². The van der Waals surface area contributed by atoms with Crippen molar-refractivity contribution < 1.29 is 27.5 Å². The van der Waals surface area contributed by atoms with E-state index in [-0.39, 0.29) is 41.2 Å². The molecule has 0 radical (unpaired) electrons. The summed E-state index contributed by atoms with van der Waals surface area (Å²) in [6, 6.07) is 28.2. The second-order valence-corrected chi connectivity index (χ2v) is 14.0. The molecule has 252 valence electrons. The van der Waals surface area contributed by atoms with Gasteiger partial charge in [0.2, 0.25) is 11.8 Å². The lowest BCUT2D eigenvalue weighted by atomic mass is 10.0. The Labute approximate surface area is 287 Å². The Morgan fingerprint density at radius 3 is 2.12 bits per heavy atom. The largest absolute Gasteiger partial charge is 0.497 e. The molecule has 1 fully saturated rings. The van der Waals surface area contributed by atoms with Crippen LogP contribution in [0.4, 0.5) is 5.69 Å². The van der Waals surface area contributed by atoms with Crippen LogP contribution in [0.5, 0.6) is 11.5 Å². The fourth-order valence-corrected chi connectivity index (χ4v) is 7.48. The highest BCUT2D eigenvalue weighted by atomic mass is 35.5. The summed E-state index contributed by atoms with van der Waals surface area (Å²) in [4.78, 5) is 30.3. The lowest BCUT2D eigenvalue weighted by Gasteiger charge is -2.34. The number of amides is 2. The number of para-hydroxylation sites is 2. The molecular weight excluding hydrogens is 650 g/mol. The van der Waals surface area contributed by atoms with Crippen LogP contribution in [0.1, 0.15) is 36.8 Å². The number of nitrogens with zero attached hydrogens (tertiary/aromatic N) is 2. The third-order valence-electron chi connectivity index (χ3n) is 8.52. The first-order valence-electron chi connectivity index (χ1n) is 15.9. The topological polar surface area (TPSA) is 105 Å². The highest BCUT2D eigenvalue weighted by molar-refractivity contribution is 7.92. The molecular formula is C37H40ClN3O6S. The Morgan fingerprint density at radius 2 is 1.48 bits per heavy atom. The number of rotatable bonds is 14. The number of anilines is 1. The maximum atomic E-state index is 14.7. The van der Waals surface area contributed by atoms with E-state index in [0.717, 1.165) is 41.1 Å². The molecule has 1 unspecified atom stereocenters. The zero-order chi connectivity index (χ0) is 34.1. The molecule has 2 amide bonds. The van der Waals surface area contributed by atoms with Gasteiger partial charge in [-0.05, 0) is 72.5 Å². The number of carbonyl (C=O) groups excluding carboxylic acids is 2. The van der Waals surface area contributed by atoms with Gasteiger partial charge in [0, 0.05) is 24.0 Å². The van der Waals surface area contributed by atoms with Gasteiger partial charge in [-0.3, -0.25) is 13.9 Å². The van der Waals surface area contributed by atoms with Crippen LogP contribution in [-0.2, 0) is 32.6 Å². The Balaban J connectivity index is 1.58. The van der Waals surface area contributed by atoms with Gasteiger partial charge >= 0.3 is 0 Å². The molecule has 48 heavy (non-hydrogen) atoms. The second-order valence-electron chi connectivity index (χ2n) is 11.7. The normalized spacial score (nSPS) is 13.8. The van der Waals surface area contributed by atoms with E-state index in [9.17, 15) is 18.0 Å². The monoisotopic (exact) mass is 689 g/mol. The number of halogens is 1. The molecule has 0 aliphatic heterocycles. The average Bonchev–Trinajstić information content (AvgIpc) is 3.62. The minimum atomic E-state index is -4.31. The molecule has 0 heterocycles. The van der Waals surface area contributed by atoms with Gasteiger partial charge in [-0.1, -0.05) is 79.0 Å². The van der Waals surface area contributed by atoms with Gasteiger partial charge in [-0.15, -0.1) is 0 Å². The molecule has 1 N–H and O–H groups in total. The summed E-state index contributed by atoms with van der Waals surface area (Å²) >= 11 is 6.18. The van der Waals surface area contributed by atoms with Crippen LogP contribution in [0, 0.1) is 0 Å². The molecule has 4 aromatic rings. The fourth-order valence-electron chi connectivity index (χ4n) is 5.93. The van der Waals surface area contributed by atoms with Crippen molar-refractivity contribution in [1.82, 2.24) is 10.2 Å². The molecule has 4 aromatic carbocycles. The molecule has 1 aliphatic carbocycles. The number of benzene rings is 4. The number of nitrogens with one attached hydrogen (secondary N) is 1. The molecule has 0 saturated heterocycles. The quantitative estimate of drug-likeness (QED) is 0.168. The second kappa shape index (κ2) is 16.0. The number of sulfonamides is 1. The smallest absolute Gasteiger partial charge is 0.264 e. The Morgan fingerprint density at radius 1 is 0.833 bits per heavy atom. The highest BCUT2D eigenvalue weighted by Gasteiger charge is 2.36. The summed E-state index contributed by atoms with van der Waals surface area (Å²) in [5.74, 6) is -0.0862. The third-order valence-corrected chi connectivity index (χ3v) is 10.5. The third kappa shape index (κ3) is 8.48. The van der Waals surface area contributed by atoms with Crippen molar-refractivity contribution in [3.05, 3.63) is 119 Å². The van der Waals surface area contributed by atoms with Crippen molar-refractivity contribution in [2.45, 2.75) is 55.6 Å². The summed E-state index contributed by atoms with van der Waals surface area (Å²) in [5, 5.41) is 3.71. The molecule has 5 rings (SSSR count). The van der Waals surface area contributed by atoms with Gasteiger partial charge in [0.25, 0.3) is 10.0 Å². The molecule has 1 saturated carbocycles. The van der Waals surface area contributed by atoms with E-state index in [1.807, 2.05) is 30.3 Å². The number of carbonyl (C=O) groups is 2. The van der Waals surface area contributed by atoms with Gasteiger partial charge in [0.05, 0.1) is 24.8 Å². The minimum Gasteiger partial charge on any atom is -0.497 e. The predicted octanol–water partition coefficient (Wildman–Crippen LogP) is 6.25. The first-order chi connectivity index (χ1) is 23.2. The lowest BCUT2D eigenvalue weighted by molar-refractivity contribution is -0.140. The lowest BCUT2D eigenvalue weighted by Crippen LogP contribution is -2.54. The molecule has 11 heteroatoms. The summed E-state index contributed by atoms with van der Waals surface area (Å²) in [6.45, 7) is -0.543. The maximum Gasteiger partial charge on any atom is 0.264 e. The van der Waals surface area contributed by atoms with Crippen molar-refractivity contribution in [2.24, 2.45) is 0 Å². The van der Waals surface area contributed by atoms with E-state index in [4.69, 9.17) is 21.1 Å². The molecule has 9 nitrogen and oxygen atoms in total. The van der Waals surface area contributed by atoms with Crippen LogP contribution in [0.15, 0.2) is 108 Å². The fraction of sp³-hybridized carbons (Fsp3) is 0.297. The van der Waals surface area contributed by atoms with Crippen LogP contribution < -0.4 is 19.1 Å². The first kappa shape index (κ1) is 34.8. The minimum absolute atomic E-state index is 0.0174. The summed E-state index contributed by atoms with van der Waals surface area (Å²) in [7, 11) is -1.38. The van der Waals surface area contributed by atoms with Gasteiger partial charge in [-0.2, -0.15) is 0 Å². The number of hydrogen-bond acceptors (Lipinski definition) is 6. The maximum absolute atomic E-state index is 14.7. The number of methoxy groups -OCH3 is 2. The van der Waals surface area contributed by atoms with E-state index < -0.39 is 28.5 Å². The van der Waals surface area contributed by atoms with Crippen molar-refractivity contribution >= 4 is 39.1 Å². The zero-order valence-electron chi connectivity index (χ0n) is 27.0. The Kier molecular flexibility index (Phi) is 11.6. The van der Waals surface area contributed by atoms with Gasteiger partial charge in [0.15, 0.2) is 0 Å². The zero-order valence-corrected chi connectivity index (χ0v) is 28.6. The van der Waals surface area contributed by atoms with Gasteiger partial charge in [-0.25, -0.2) is 8.42 Å². The summed E-state index contributed by atoms with van der Waals surface area (Å²) in [5.41, 5.74) is 1.79. The average molecular weight is 690 g/mol. The first-order valence-corrected chi connectivity index (χ1v) is 17.7. The van der Waals surface area contributed by atoms with E-state index >= 15 is 0 Å². The highest BCUT2D eigenvalue weighted by Crippen LogP contribution is 2.33. The predicted molar refractivity (Wildman–Crippen MR) is 187 cm³/mol. The van der Waals surface area contributed by atoms with E-state index in [2.05, 4.69) is 5.32 Å². The van der Waals surface area contributed by atoms with Crippen molar-refractivity contribution in [1.29, 1.82) is 0 Å². The Bertz CT molecular complexity index is 1780. The van der Waals surface area contributed by atoms with Gasteiger partial charge < -0.3 is 19.7 Å². The van der Waals surface area contributed by atoms with Crippen LogP contribution in [-0.4, -0.2) is 58.0 Å². The molecule has 0 spiro atoms. The van der Waals surface area contributed by atoms with Crippen LogP contribution >= 0.6 is 11.6 Å². The molecule has 1 atom stereocenters. The molecule has 1 aliphatic rings. The van der Waals surface area contributed by atoms with Gasteiger partial charge in [0.1, 0.15) is 24.1 Å². The van der Waals surface area contributed by atoms with Crippen LogP contribution in [0.3, 0.4) is 0 Å². The standard InChI is InChI=1S/C37H40ClN3O6S/c1-46-31-20-22-32(23-21-31)48(44,45)41(33-14-8-9-15-35(33)47-2)26-36(42)40(25-28-16-18-29(38)19-17-28)34(24-27-10-4-3-5-11-27)37(43)39-30-12-6-7-13-30/h3-5,8-11,14-23,30,34H,6-7,12-13,24-26H2,1-2H3,(H,39,43). The number of hydrogen-bond donors (Lipinski definition) is 1. The van der Waals surface area contributed by atoms with E-state index in [0.29, 0.717) is 10.8 Å².